The van der Waals surface area contributed by atoms with Crippen LogP contribution in [-0.2, 0) is 21.9 Å². The van der Waals surface area contributed by atoms with E-state index in [0.29, 0.717) is 27.8 Å². The Bertz CT molecular complexity index is 1280. The monoisotopic (exact) mass is 471 g/mol. The van der Waals surface area contributed by atoms with Gasteiger partial charge in [-0.25, -0.2) is 18.4 Å². The molecular weight excluding hydrogens is 450 g/mol. The summed E-state index contributed by atoms with van der Waals surface area (Å²) in [7, 11) is -2.00. The van der Waals surface area contributed by atoms with Crippen molar-refractivity contribution >= 4 is 21.4 Å². The Labute approximate surface area is 192 Å². The largest absolute Gasteiger partial charge is 0.494 e. The Hall–Kier alpha value is -3.15. The van der Waals surface area contributed by atoms with Gasteiger partial charge in [-0.05, 0) is 41.5 Å². The van der Waals surface area contributed by atoms with Crippen LogP contribution in [0.4, 0.5) is 0 Å². The minimum atomic E-state index is -3.48. The maximum absolute atomic E-state index is 11.6. The van der Waals surface area contributed by atoms with Crippen LogP contribution in [0.15, 0.2) is 53.8 Å². The molecule has 0 saturated carbocycles. The Morgan fingerprint density at radius 2 is 1.81 bits per heavy atom. The number of rotatable bonds is 7. The number of sulfone groups is 1. The summed E-state index contributed by atoms with van der Waals surface area (Å²) in [4.78, 5) is 7.79. The second kappa shape index (κ2) is 9.15. The molecule has 0 amide bonds. The van der Waals surface area contributed by atoms with E-state index in [2.05, 4.69) is 16.0 Å². The summed E-state index contributed by atoms with van der Waals surface area (Å²) in [5, 5.41) is 9.59. The minimum absolute atomic E-state index is 0.105. The SMILES string of the molecule is COc1c(Cl)cc(C(C)(C)c2ccc(OCc3ccnc(S(C)(=O)=O)n3)cc2)cc1C#N. The van der Waals surface area contributed by atoms with Gasteiger partial charge >= 0.3 is 0 Å². The van der Waals surface area contributed by atoms with Crippen LogP contribution in [0.5, 0.6) is 11.5 Å². The Morgan fingerprint density at radius 3 is 2.41 bits per heavy atom. The van der Waals surface area contributed by atoms with E-state index in [9.17, 15) is 13.7 Å². The molecule has 2 aromatic carbocycles. The topological polar surface area (TPSA) is 102 Å². The van der Waals surface area contributed by atoms with Gasteiger partial charge in [0.25, 0.3) is 0 Å². The highest BCUT2D eigenvalue weighted by atomic mass is 35.5. The van der Waals surface area contributed by atoms with Crippen molar-refractivity contribution in [3.05, 3.63) is 76.1 Å². The van der Waals surface area contributed by atoms with Crippen molar-refractivity contribution in [1.29, 1.82) is 5.26 Å². The van der Waals surface area contributed by atoms with Crippen molar-refractivity contribution in [3.8, 4) is 17.6 Å². The maximum Gasteiger partial charge on any atom is 0.247 e. The molecule has 166 valence electrons. The zero-order chi connectivity index (χ0) is 23.5. The normalized spacial score (nSPS) is 11.6. The third-order valence-corrected chi connectivity index (χ3v) is 6.22. The quantitative estimate of drug-likeness (QED) is 0.473. The lowest BCUT2D eigenvalue weighted by atomic mass is 9.77. The number of hydrogen-bond acceptors (Lipinski definition) is 7. The van der Waals surface area contributed by atoms with Gasteiger partial charge in [-0.1, -0.05) is 37.6 Å². The Balaban J connectivity index is 1.80. The average molecular weight is 472 g/mol. The van der Waals surface area contributed by atoms with Crippen LogP contribution in [0.1, 0.15) is 36.2 Å². The van der Waals surface area contributed by atoms with Crippen molar-refractivity contribution < 1.29 is 17.9 Å². The van der Waals surface area contributed by atoms with E-state index in [1.54, 1.807) is 18.2 Å². The number of nitriles is 1. The number of hydrogen-bond donors (Lipinski definition) is 0. The lowest BCUT2D eigenvalue weighted by Crippen LogP contribution is -2.19. The molecule has 0 aliphatic heterocycles. The lowest BCUT2D eigenvalue weighted by molar-refractivity contribution is 0.299. The average Bonchev–Trinajstić information content (AvgIpc) is 2.77. The molecule has 0 aliphatic rings. The lowest BCUT2D eigenvalue weighted by Gasteiger charge is -2.27. The van der Waals surface area contributed by atoms with Crippen LogP contribution in [-0.4, -0.2) is 31.8 Å². The zero-order valence-electron chi connectivity index (χ0n) is 18.1. The Morgan fingerprint density at radius 1 is 1.12 bits per heavy atom. The van der Waals surface area contributed by atoms with Crippen molar-refractivity contribution in [2.45, 2.75) is 31.0 Å². The molecule has 0 N–H and O–H groups in total. The highest BCUT2D eigenvalue weighted by Gasteiger charge is 2.26. The van der Waals surface area contributed by atoms with Crippen LogP contribution >= 0.6 is 11.6 Å². The van der Waals surface area contributed by atoms with Gasteiger partial charge in [0.15, 0.2) is 5.75 Å². The second-order valence-electron chi connectivity index (χ2n) is 7.69. The highest BCUT2D eigenvalue weighted by Crippen LogP contribution is 2.38. The van der Waals surface area contributed by atoms with Crippen molar-refractivity contribution in [2.24, 2.45) is 0 Å². The first-order valence-corrected chi connectivity index (χ1v) is 11.9. The summed E-state index contributed by atoms with van der Waals surface area (Å²) in [6.45, 7) is 4.18. The van der Waals surface area contributed by atoms with Gasteiger partial charge in [-0.3, -0.25) is 0 Å². The van der Waals surface area contributed by atoms with E-state index < -0.39 is 15.3 Å². The van der Waals surface area contributed by atoms with E-state index in [1.165, 1.54) is 13.3 Å². The molecule has 32 heavy (non-hydrogen) atoms. The van der Waals surface area contributed by atoms with E-state index in [1.807, 2.05) is 38.1 Å². The number of benzene rings is 2. The number of methoxy groups -OCH3 is 1. The number of halogens is 1. The van der Waals surface area contributed by atoms with E-state index >= 15 is 0 Å². The molecule has 0 spiro atoms. The van der Waals surface area contributed by atoms with Gasteiger partial charge in [-0.15, -0.1) is 0 Å². The predicted molar refractivity (Wildman–Crippen MR) is 121 cm³/mol. The number of ether oxygens (including phenoxy) is 2. The number of aromatic nitrogens is 2. The number of nitrogens with zero attached hydrogens (tertiary/aromatic N) is 3. The molecule has 7 nitrogen and oxygen atoms in total. The summed E-state index contributed by atoms with van der Waals surface area (Å²) in [6, 6.07) is 14.8. The standard InChI is InChI=1S/C23H22ClN3O4S/c1-23(2,17-11-15(13-25)21(30-3)20(24)12-17)16-5-7-19(8-6-16)31-14-18-9-10-26-22(27-18)32(4,28)29/h5-12H,14H2,1-4H3. The first kappa shape index (κ1) is 23.5. The molecule has 0 saturated heterocycles. The molecule has 3 aromatic rings. The fourth-order valence-electron chi connectivity index (χ4n) is 3.17. The third kappa shape index (κ3) is 5.01. The van der Waals surface area contributed by atoms with Gasteiger partial charge in [-0.2, -0.15) is 5.26 Å². The fraction of sp³-hybridized carbons (Fsp3) is 0.261. The van der Waals surface area contributed by atoms with Crippen LogP contribution in [0.2, 0.25) is 5.02 Å². The molecule has 0 radical (unpaired) electrons. The molecule has 0 fully saturated rings. The smallest absolute Gasteiger partial charge is 0.247 e. The third-order valence-electron chi connectivity index (χ3n) is 5.08. The van der Waals surface area contributed by atoms with Crippen LogP contribution in [0.3, 0.4) is 0 Å². The van der Waals surface area contributed by atoms with Gasteiger partial charge in [0, 0.05) is 17.9 Å². The summed E-state index contributed by atoms with van der Waals surface area (Å²) in [5.74, 6) is 0.968. The molecular formula is C23H22ClN3O4S. The first-order valence-electron chi connectivity index (χ1n) is 9.59. The maximum atomic E-state index is 11.6. The predicted octanol–water partition coefficient (Wildman–Crippen LogP) is 4.32. The highest BCUT2D eigenvalue weighted by molar-refractivity contribution is 7.90. The molecule has 0 bridgehead atoms. The van der Waals surface area contributed by atoms with Gasteiger partial charge < -0.3 is 9.47 Å². The van der Waals surface area contributed by atoms with Crippen molar-refractivity contribution in [1.82, 2.24) is 9.97 Å². The van der Waals surface area contributed by atoms with Crippen LogP contribution in [0.25, 0.3) is 0 Å². The van der Waals surface area contributed by atoms with Crippen LogP contribution in [0, 0.1) is 11.3 Å². The molecule has 0 aliphatic carbocycles. The molecule has 1 heterocycles. The second-order valence-corrected chi connectivity index (χ2v) is 10.0. The van der Waals surface area contributed by atoms with Gasteiger partial charge in [0.05, 0.1) is 23.4 Å². The molecule has 1 aromatic heterocycles. The Kier molecular flexibility index (Phi) is 6.72. The molecule has 3 rings (SSSR count). The first-order chi connectivity index (χ1) is 15.1. The summed E-state index contributed by atoms with van der Waals surface area (Å²) in [5.41, 5.74) is 2.28. The van der Waals surface area contributed by atoms with Gasteiger partial charge in [0.1, 0.15) is 18.4 Å². The summed E-state index contributed by atoms with van der Waals surface area (Å²) >= 11 is 6.33. The van der Waals surface area contributed by atoms with E-state index in [-0.39, 0.29) is 11.8 Å². The summed E-state index contributed by atoms with van der Waals surface area (Å²) < 4.78 is 34.2. The molecule has 0 unspecified atom stereocenters. The van der Waals surface area contributed by atoms with Crippen molar-refractivity contribution in [3.63, 3.8) is 0 Å². The van der Waals surface area contributed by atoms with Gasteiger partial charge in [0.2, 0.25) is 15.0 Å². The summed E-state index contributed by atoms with van der Waals surface area (Å²) in [6.07, 6.45) is 2.45. The zero-order valence-corrected chi connectivity index (χ0v) is 19.7. The molecule has 0 atom stereocenters. The minimum Gasteiger partial charge on any atom is -0.494 e. The molecule has 9 heteroatoms. The fourth-order valence-corrected chi connectivity index (χ4v) is 4.00. The van der Waals surface area contributed by atoms with Crippen molar-refractivity contribution in [2.75, 3.05) is 13.4 Å². The van der Waals surface area contributed by atoms with E-state index in [0.717, 1.165) is 17.4 Å². The van der Waals surface area contributed by atoms with E-state index in [4.69, 9.17) is 21.1 Å². The van der Waals surface area contributed by atoms with Crippen LogP contribution < -0.4 is 9.47 Å².